The number of halogens is 4. The molecule has 2 aliphatic rings. The maximum atomic E-state index is 14.2. The first kappa shape index (κ1) is 20.2. The van der Waals surface area contributed by atoms with Crippen molar-refractivity contribution >= 4 is 17.4 Å². The lowest BCUT2D eigenvalue weighted by atomic mass is 9.89. The average molecular weight is 417 g/mol. The van der Waals surface area contributed by atoms with Crippen LogP contribution >= 0.6 is 0 Å². The summed E-state index contributed by atoms with van der Waals surface area (Å²) in [7, 11) is 0. The van der Waals surface area contributed by atoms with E-state index in [0.29, 0.717) is 24.1 Å². The first-order valence-electron chi connectivity index (χ1n) is 9.72. The van der Waals surface area contributed by atoms with Crippen molar-refractivity contribution in [3.05, 3.63) is 58.9 Å². The second-order valence-electron chi connectivity index (χ2n) is 7.71. The number of fused-ring (bicyclic) bond motifs is 1. The number of aryl methyl sites for hydroxylation is 1. The number of benzene rings is 2. The van der Waals surface area contributed by atoms with Gasteiger partial charge in [0, 0.05) is 11.4 Å². The number of rotatable bonds is 2. The maximum Gasteiger partial charge on any atom is 0.417 e. The highest BCUT2D eigenvalue weighted by Gasteiger charge is 2.48. The molecule has 4 nitrogen and oxygen atoms in total. The lowest BCUT2D eigenvalue weighted by Crippen LogP contribution is -2.40. The predicted molar refractivity (Wildman–Crippen MR) is 104 cm³/mol. The molecule has 0 aromatic heterocycles. The van der Waals surface area contributed by atoms with Crippen molar-refractivity contribution in [1.82, 2.24) is 0 Å². The number of anilines is 2. The standard InChI is InChI=1S/C22H19F4N3O/c1-13-6-8-16(11-18(13)23)29-20-5-3-2-4-19(20)28(21(29)30)15-9-7-14(12-27)17(10-15)22(24,25)26/h6-11,19-20H,2-5H2,1H3/t19-,20-/m1/s1. The Bertz CT molecular complexity index is 1040. The molecule has 4 rings (SSSR count). The molecule has 2 atom stereocenters. The number of urea groups is 1. The third kappa shape index (κ3) is 3.28. The fourth-order valence-corrected chi connectivity index (χ4v) is 4.44. The van der Waals surface area contributed by atoms with Crippen LogP contribution in [0.5, 0.6) is 0 Å². The SMILES string of the molecule is Cc1ccc(N2C(=O)N(c3ccc(C#N)c(C(F)(F)F)c3)[C@@H]3CCCC[C@H]32)cc1F. The van der Waals surface area contributed by atoms with Crippen LogP contribution in [0.25, 0.3) is 0 Å². The number of carbonyl (C=O) groups is 1. The molecular formula is C22H19F4N3O. The van der Waals surface area contributed by atoms with Crippen molar-refractivity contribution < 1.29 is 22.4 Å². The Morgan fingerprint density at radius 2 is 1.57 bits per heavy atom. The van der Waals surface area contributed by atoms with E-state index in [1.807, 2.05) is 0 Å². The zero-order chi connectivity index (χ0) is 21.6. The molecule has 30 heavy (non-hydrogen) atoms. The summed E-state index contributed by atoms with van der Waals surface area (Å²) < 4.78 is 54.5. The second kappa shape index (κ2) is 7.31. The zero-order valence-corrected chi connectivity index (χ0v) is 16.2. The summed E-state index contributed by atoms with van der Waals surface area (Å²) in [6, 6.07) is 8.38. The second-order valence-corrected chi connectivity index (χ2v) is 7.71. The quantitative estimate of drug-likeness (QED) is 0.582. The maximum absolute atomic E-state index is 14.2. The van der Waals surface area contributed by atoms with E-state index in [1.54, 1.807) is 25.1 Å². The molecule has 0 radical (unpaired) electrons. The fourth-order valence-electron chi connectivity index (χ4n) is 4.44. The minimum atomic E-state index is -4.71. The van der Waals surface area contributed by atoms with Crippen LogP contribution < -0.4 is 9.80 Å². The monoisotopic (exact) mass is 417 g/mol. The van der Waals surface area contributed by atoms with Crippen LogP contribution in [0.2, 0.25) is 0 Å². The van der Waals surface area contributed by atoms with Gasteiger partial charge in [0.1, 0.15) is 5.82 Å². The topological polar surface area (TPSA) is 47.3 Å². The third-order valence-electron chi connectivity index (χ3n) is 5.91. The molecule has 1 heterocycles. The zero-order valence-electron chi connectivity index (χ0n) is 16.2. The number of nitrogens with zero attached hydrogens (tertiary/aromatic N) is 3. The Labute approximate surface area is 171 Å². The molecule has 0 spiro atoms. The van der Waals surface area contributed by atoms with Gasteiger partial charge in [-0.15, -0.1) is 0 Å². The van der Waals surface area contributed by atoms with Crippen molar-refractivity contribution in [2.45, 2.75) is 50.9 Å². The highest BCUT2D eigenvalue weighted by molar-refractivity contribution is 6.07. The van der Waals surface area contributed by atoms with Crippen LogP contribution in [-0.4, -0.2) is 18.1 Å². The number of hydrogen-bond donors (Lipinski definition) is 0. The van der Waals surface area contributed by atoms with Crippen molar-refractivity contribution in [1.29, 1.82) is 5.26 Å². The van der Waals surface area contributed by atoms with Crippen LogP contribution in [0.1, 0.15) is 42.4 Å². The Kier molecular flexibility index (Phi) is 4.92. The van der Waals surface area contributed by atoms with Gasteiger partial charge in [0.2, 0.25) is 0 Å². The Balaban J connectivity index is 1.80. The molecule has 2 fully saturated rings. The van der Waals surface area contributed by atoms with Gasteiger partial charge in [-0.2, -0.15) is 18.4 Å². The number of nitriles is 1. The summed E-state index contributed by atoms with van der Waals surface area (Å²) >= 11 is 0. The molecule has 1 aliphatic carbocycles. The predicted octanol–water partition coefficient (Wildman–Crippen LogP) is 5.78. The van der Waals surface area contributed by atoms with Gasteiger partial charge in [-0.1, -0.05) is 18.9 Å². The van der Waals surface area contributed by atoms with Gasteiger partial charge in [0.25, 0.3) is 0 Å². The van der Waals surface area contributed by atoms with Gasteiger partial charge in [0.15, 0.2) is 0 Å². The van der Waals surface area contributed by atoms with Crippen LogP contribution in [0.4, 0.5) is 33.7 Å². The lowest BCUT2D eigenvalue weighted by molar-refractivity contribution is -0.137. The number of carbonyl (C=O) groups excluding carboxylic acids is 1. The van der Waals surface area contributed by atoms with Crippen LogP contribution in [0, 0.1) is 24.1 Å². The Morgan fingerprint density at radius 3 is 2.10 bits per heavy atom. The largest absolute Gasteiger partial charge is 0.417 e. The summed E-state index contributed by atoms with van der Waals surface area (Å²) in [6.07, 6.45) is -1.65. The summed E-state index contributed by atoms with van der Waals surface area (Å²) in [6.45, 7) is 1.62. The molecule has 2 aromatic rings. The average Bonchev–Trinajstić information content (AvgIpc) is 3.01. The van der Waals surface area contributed by atoms with E-state index < -0.39 is 29.2 Å². The lowest BCUT2D eigenvalue weighted by Gasteiger charge is -2.32. The van der Waals surface area contributed by atoms with Crippen molar-refractivity contribution in [3.8, 4) is 6.07 Å². The Morgan fingerprint density at radius 1 is 1.00 bits per heavy atom. The normalized spacial score (nSPS) is 21.5. The number of alkyl halides is 3. The molecular weight excluding hydrogens is 398 g/mol. The summed E-state index contributed by atoms with van der Waals surface area (Å²) in [4.78, 5) is 16.2. The van der Waals surface area contributed by atoms with Crippen LogP contribution in [0.15, 0.2) is 36.4 Å². The minimum Gasteiger partial charge on any atom is -0.289 e. The van der Waals surface area contributed by atoms with Gasteiger partial charge in [-0.3, -0.25) is 9.80 Å². The first-order valence-corrected chi connectivity index (χ1v) is 9.72. The molecule has 8 heteroatoms. The molecule has 1 aliphatic heterocycles. The van der Waals surface area contributed by atoms with E-state index >= 15 is 0 Å². The highest BCUT2D eigenvalue weighted by Crippen LogP contribution is 2.42. The number of hydrogen-bond acceptors (Lipinski definition) is 2. The molecule has 0 N–H and O–H groups in total. The first-order chi connectivity index (χ1) is 14.2. The van der Waals surface area contributed by atoms with Gasteiger partial charge < -0.3 is 0 Å². The molecule has 2 amide bonds. The van der Waals surface area contributed by atoms with Crippen LogP contribution in [-0.2, 0) is 6.18 Å². The summed E-state index contributed by atoms with van der Waals surface area (Å²) in [5, 5.41) is 9.04. The van der Waals surface area contributed by atoms with E-state index in [9.17, 15) is 22.4 Å². The molecule has 1 saturated carbocycles. The fraction of sp³-hybridized carbons (Fsp3) is 0.364. The Hall–Kier alpha value is -3.08. The van der Waals surface area contributed by atoms with Crippen molar-refractivity contribution in [3.63, 3.8) is 0 Å². The molecule has 0 unspecified atom stereocenters. The van der Waals surface area contributed by atoms with Gasteiger partial charge >= 0.3 is 12.2 Å². The van der Waals surface area contributed by atoms with Crippen LogP contribution in [0.3, 0.4) is 0 Å². The van der Waals surface area contributed by atoms with E-state index in [2.05, 4.69) is 0 Å². The van der Waals surface area contributed by atoms with Gasteiger partial charge in [0.05, 0.1) is 29.3 Å². The molecule has 0 bridgehead atoms. The van der Waals surface area contributed by atoms with Crippen molar-refractivity contribution in [2.24, 2.45) is 0 Å². The minimum absolute atomic E-state index is 0.0957. The van der Waals surface area contributed by atoms with E-state index in [4.69, 9.17) is 5.26 Å². The molecule has 1 saturated heterocycles. The van der Waals surface area contributed by atoms with Crippen molar-refractivity contribution in [2.75, 3.05) is 9.80 Å². The molecule has 2 aromatic carbocycles. The number of amides is 2. The van der Waals surface area contributed by atoms with Gasteiger partial charge in [-0.05, 0) is 55.7 Å². The molecule has 156 valence electrons. The third-order valence-corrected chi connectivity index (χ3v) is 5.91. The van der Waals surface area contributed by atoms with E-state index in [0.717, 1.165) is 25.0 Å². The highest BCUT2D eigenvalue weighted by atomic mass is 19.4. The van der Waals surface area contributed by atoms with E-state index in [-0.39, 0.29) is 17.8 Å². The van der Waals surface area contributed by atoms with Gasteiger partial charge in [-0.25, -0.2) is 9.18 Å². The summed E-state index contributed by atoms with van der Waals surface area (Å²) in [5.41, 5.74) is -0.618. The summed E-state index contributed by atoms with van der Waals surface area (Å²) in [5.74, 6) is -0.441. The smallest absolute Gasteiger partial charge is 0.289 e. The van der Waals surface area contributed by atoms with E-state index in [1.165, 1.54) is 21.9 Å².